The SMILES string of the molecule is COc1cccc(-c2csc(C=C3SC(=Nc4ccc(C(=O)O)cc4)N(C)C3=O)c2)c1. The zero-order valence-corrected chi connectivity index (χ0v) is 18.4. The molecular formula is C23H18N2O4S2. The van der Waals surface area contributed by atoms with Gasteiger partial charge in [0.05, 0.1) is 23.3 Å². The standard InChI is InChI=1S/C23H18N2O4S2/c1-25-21(26)20(31-23(25)24-17-8-6-14(7-9-17)22(27)28)12-19-11-16(13-30-19)15-4-3-5-18(10-15)29-2/h3-13H,1-2H3,(H,27,28). The summed E-state index contributed by atoms with van der Waals surface area (Å²) in [5.74, 6) is -0.317. The highest BCUT2D eigenvalue weighted by Crippen LogP contribution is 2.35. The lowest BCUT2D eigenvalue weighted by molar-refractivity contribution is -0.121. The van der Waals surface area contributed by atoms with E-state index in [9.17, 15) is 9.59 Å². The molecular weight excluding hydrogens is 432 g/mol. The largest absolute Gasteiger partial charge is 0.497 e. The van der Waals surface area contributed by atoms with Crippen molar-refractivity contribution in [3.05, 3.63) is 75.3 Å². The summed E-state index contributed by atoms with van der Waals surface area (Å²) in [4.78, 5) is 31.2. The second-order valence-electron chi connectivity index (χ2n) is 6.69. The summed E-state index contributed by atoms with van der Waals surface area (Å²) in [5, 5.41) is 11.6. The number of amidine groups is 1. The van der Waals surface area contributed by atoms with E-state index in [0.29, 0.717) is 15.8 Å². The van der Waals surface area contributed by atoms with E-state index >= 15 is 0 Å². The van der Waals surface area contributed by atoms with E-state index in [1.807, 2.05) is 41.8 Å². The summed E-state index contributed by atoms with van der Waals surface area (Å²) < 4.78 is 5.29. The fourth-order valence-corrected chi connectivity index (χ4v) is 4.85. The zero-order valence-electron chi connectivity index (χ0n) is 16.7. The van der Waals surface area contributed by atoms with Crippen molar-refractivity contribution in [3.63, 3.8) is 0 Å². The van der Waals surface area contributed by atoms with Gasteiger partial charge in [0.25, 0.3) is 5.91 Å². The Morgan fingerprint density at radius 2 is 1.90 bits per heavy atom. The molecule has 0 unspecified atom stereocenters. The molecule has 2 heterocycles. The van der Waals surface area contributed by atoms with Gasteiger partial charge < -0.3 is 9.84 Å². The molecule has 1 aromatic heterocycles. The number of rotatable bonds is 5. The minimum absolute atomic E-state index is 0.123. The maximum atomic E-state index is 12.7. The fraction of sp³-hybridized carbons (Fsp3) is 0.0870. The molecule has 1 aliphatic rings. The number of carbonyl (C=O) groups is 2. The van der Waals surface area contributed by atoms with Crippen LogP contribution in [0.2, 0.25) is 0 Å². The van der Waals surface area contributed by atoms with Gasteiger partial charge in [-0.2, -0.15) is 0 Å². The van der Waals surface area contributed by atoms with Gasteiger partial charge in [-0.25, -0.2) is 9.79 Å². The summed E-state index contributed by atoms with van der Waals surface area (Å²) >= 11 is 2.86. The van der Waals surface area contributed by atoms with Crippen molar-refractivity contribution < 1.29 is 19.4 Å². The highest BCUT2D eigenvalue weighted by molar-refractivity contribution is 8.18. The average Bonchev–Trinajstić information content (AvgIpc) is 3.35. The van der Waals surface area contributed by atoms with Gasteiger partial charge in [-0.05, 0) is 76.8 Å². The Morgan fingerprint density at radius 1 is 1.13 bits per heavy atom. The van der Waals surface area contributed by atoms with E-state index in [2.05, 4.69) is 4.99 Å². The molecule has 1 fully saturated rings. The topological polar surface area (TPSA) is 79.2 Å². The van der Waals surface area contributed by atoms with Crippen LogP contribution in [0.5, 0.6) is 5.75 Å². The Labute approximate surface area is 187 Å². The quantitative estimate of drug-likeness (QED) is 0.530. The van der Waals surface area contributed by atoms with Crippen molar-refractivity contribution in [2.75, 3.05) is 14.2 Å². The van der Waals surface area contributed by atoms with Gasteiger partial charge >= 0.3 is 5.97 Å². The molecule has 156 valence electrons. The number of carbonyl (C=O) groups excluding carboxylic acids is 1. The number of carboxylic acids is 1. The van der Waals surface area contributed by atoms with Gasteiger partial charge in [-0.15, -0.1) is 11.3 Å². The smallest absolute Gasteiger partial charge is 0.335 e. The van der Waals surface area contributed by atoms with Crippen molar-refractivity contribution in [3.8, 4) is 16.9 Å². The van der Waals surface area contributed by atoms with Crippen LogP contribution in [-0.2, 0) is 4.79 Å². The first-order valence-electron chi connectivity index (χ1n) is 9.27. The molecule has 1 saturated heterocycles. The molecule has 0 radical (unpaired) electrons. The van der Waals surface area contributed by atoms with Crippen LogP contribution in [-0.4, -0.2) is 41.2 Å². The Morgan fingerprint density at radius 3 is 2.61 bits per heavy atom. The second-order valence-corrected chi connectivity index (χ2v) is 8.64. The van der Waals surface area contributed by atoms with E-state index < -0.39 is 5.97 Å². The minimum Gasteiger partial charge on any atom is -0.497 e. The molecule has 0 atom stereocenters. The number of aliphatic imine (C=N–C) groups is 1. The number of hydrogen-bond acceptors (Lipinski definition) is 6. The molecule has 0 bridgehead atoms. The van der Waals surface area contributed by atoms with Crippen molar-refractivity contribution in [1.29, 1.82) is 0 Å². The van der Waals surface area contributed by atoms with E-state index in [0.717, 1.165) is 21.8 Å². The Bertz CT molecular complexity index is 1210. The Kier molecular flexibility index (Phi) is 5.92. The van der Waals surface area contributed by atoms with Gasteiger partial charge in [0.15, 0.2) is 5.17 Å². The normalized spacial score (nSPS) is 16.3. The van der Waals surface area contributed by atoms with Crippen molar-refractivity contribution in [2.45, 2.75) is 0 Å². The van der Waals surface area contributed by atoms with E-state index in [1.54, 1.807) is 37.6 Å². The van der Waals surface area contributed by atoms with E-state index in [1.165, 1.54) is 28.8 Å². The second kappa shape index (κ2) is 8.79. The first-order valence-corrected chi connectivity index (χ1v) is 11.0. The number of nitrogens with zero attached hydrogens (tertiary/aromatic N) is 2. The van der Waals surface area contributed by atoms with Crippen LogP contribution >= 0.6 is 23.1 Å². The number of ether oxygens (including phenoxy) is 1. The van der Waals surface area contributed by atoms with Crippen LogP contribution in [0.4, 0.5) is 5.69 Å². The first-order chi connectivity index (χ1) is 14.9. The number of thiophene rings is 1. The van der Waals surface area contributed by atoms with Crippen LogP contribution in [0.15, 0.2) is 69.9 Å². The molecule has 1 aliphatic heterocycles. The summed E-state index contributed by atoms with van der Waals surface area (Å²) in [6, 6.07) is 16.1. The highest BCUT2D eigenvalue weighted by Gasteiger charge is 2.30. The molecule has 1 amide bonds. The lowest BCUT2D eigenvalue weighted by Crippen LogP contribution is -2.23. The van der Waals surface area contributed by atoms with Crippen molar-refractivity contribution >= 4 is 51.9 Å². The minimum atomic E-state index is -0.990. The summed E-state index contributed by atoms with van der Waals surface area (Å²) in [6.45, 7) is 0. The van der Waals surface area contributed by atoms with Gasteiger partial charge in [0.1, 0.15) is 5.75 Å². The predicted molar refractivity (Wildman–Crippen MR) is 125 cm³/mol. The molecule has 8 heteroatoms. The van der Waals surface area contributed by atoms with Crippen molar-refractivity contribution in [1.82, 2.24) is 4.90 Å². The molecule has 0 spiro atoms. The number of thioether (sulfide) groups is 1. The van der Waals surface area contributed by atoms with Gasteiger partial charge in [0.2, 0.25) is 0 Å². The lowest BCUT2D eigenvalue weighted by Gasteiger charge is -2.07. The van der Waals surface area contributed by atoms with Crippen LogP contribution < -0.4 is 4.74 Å². The van der Waals surface area contributed by atoms with Crippen LogP contribution in [0.25, 0.3) is 17.2 Å². The predicted octanol–water partition coefficient (Wildman–Crippen LogP) is 5.36. The van der Waals surface area contributed by atoms with Gasteiger partial charge in [-0.3, -0.25) is 9.69 Å². The maximum absolute atomic E-state index is 12.7. The molecule has 1 N–H and O–H groups in total. The van der Waals surface area contributed by atoms with E-state index in [-0.39, 0.29) is 11.5 Å². The molecule has 0 aliphatic carbocycles. The number of amides is 1. The van der Waals surface area contributed by atoms with E-state index in [4.69, 9.17) is 9.84 Å². The molecule has 3 aromatic rings. The fourth-order valence-electron chi connectivity index (χ4n) is 2.95. The van der Waals surface area contributed by atoms with Gasteiger partial charge in [0, 0.05) is 11.9 Å². The summed E-state index contributed by atoms with van der Waals surface area (Å²) in [7, 11) is 3.32. The highest BCUT2D eigenvalue weighted by atomic mass is 32.2. The summed E-state index contributed by atoms with van der Waals surface area (Å²) in [6.07, 6.45) is 1.87. The molecule has 4 rings (SSSR count). The number of likely N-dealkylation sites (N-methyl/N-ethyl adjacent to an activating group) is 1. The number of methoxy groups -OCH3 is 1. The molecule has 2 aromatic carbocycles. The molecule has 0 saturated carbocycles. The monoisotopic (exact) mass is 450 g/mol. The van der Waals surface area contributed by atoms with Gasteiger partial charge in [-0.1, -0.05) is 12.1 Å². The lowest BCUT2D eigenvalue weighted by atomic mass is 10.1. The van der Waals surface area contributed by atoms with Crippen molar-refractivity contribution in [2.24, 2.45) is 4.99 Å². The Balaban J connectivity index is 1.56. The zero-order chi connectivity index (χ0) is 22.0. The third-order valence-corrected chi connectivity index (χ3v) is 6.58. The number of benzene rings is 2. The first kappa shape index (κ1) is 20.9. The number of aromatic carboxylic acids is 1. The number of carboxylic acid groups (broad SMARTS) is 1. The third-order valence-electron chi connectivity index (χ3n) is 4.64. The van der Waals surface area contributed by atoms with Crippen LogP contribution in [0.1, 0.15) is 15.2 Å². The third kappa shape index (κ3) is 4.55. The molecule has 6 nitrogen and oxygen atoms in total. The van der Waals surface area contributed by atoms with Crippen LogP contribution in [0, 0.1) is 0 Å². The molecule has 31 heavy (non-hydrogen) atoms. The summed E-state index contributed by atoms with van der Waals surface area (Å²) in [5.41, 5.74) is 2.89. The maximum Gasteiger partial charge on any atom is 0.335 e. The Hall–Kier alpha value is -3.36. The average molecular weight is 451 g/mol. The van der Waals surface area contributed by atoms with Crippen LogP contribution in [0.3, 0.4) is 0 Å². The number of hydrogen-bond donors (Lipinski definition) is 1.